The number of benzene rings is 2. The maximum absolute atomic E-state index is 13.6. The van der Waals surface area contributed by atoms with Crippen molar-refractivity contribution >= 4 is 51.9 Å². The summed E-state index contributed by atoms with van der Waals surface area (Å²) in [6.07, 6.45) is 0. The molecule has 9 heteroatoms. The molecule has 0 N–H and O–H groups in total. The molecule has 0 radical (unpaired) electrons. The van der Waals surface area contributed by atoms with Gasteiger partial charge in [-0.25, -0.2) is 4.99 Å². The second kappa shape index (κ2) is 10.1. The second-order valence-corrected chi connectivity index (χ2v) is 11.6. The molecule has 2 amide bonds. The Labute approximate surface area is 226 Å². The number of likely N-dealkylation sites (N-methyl/N-ethyl adjacent to an activating group) is 2. The minimum atomic E-state index is -0.623. The van der Waals surface area contributed by atoms with Crippen LogP contribution in [0.5, 0.6) is 0 Å². The van der Waals surface area contributed by atoms with E-state index in [2.05, 4.69) is 25.7 Å². The summed E-state index contributed by atoms with van der Waals surface area (Å²) in [4.78, 5) is 36.8. The van der Waals surface area contributed by atoms with Crippen molar-refractivity contribution in [1.82, 2.24) is 14.7 Å². The van der Waals surface area contributed by atoms with Crippen molar-refractivity contribution in [2.75, 3.05) is 27.7 Å². The Kier molecular flexibility index (Phi) is 7.47. The summed E-state index contributed by atoms with van der Waals surface area (Å²) >= 11 is 13.8. The highest BCUT2D eigenvalue weighted by Crippen LogP contribution is 2.56. The molecule has 2 aromatic rings. The van der Waals surface area contributed by atoms with Crippen molar-refractivity contribution < 1.29 is 9.59 Å². The van der Waals surface area contributed by atoms with Crippen molar-refractivity contribution in [2.45, 2.75) is 32.4 Å². The van der Waals surface area contributed by atoms with Gasteiger partial charge >= 0.3 is 0 Å². The highest BCUT2D eigenvalue weighted by Gasteiger charge is 2.53. The summed E-state index contributed by atoms with van der Waals surface area (Å²) in [5.74, 6) is -0.267. The summed E-state index contributed by atoms with van der Waals surface area (Å²) in [6, 6.07) is 15.4. The lowest BCUT2D eigenvalue weighted by Crippen LogP contribution is -2.39. The summed E-state index contributed by atoms with van der Waals surface area (Å²) in [7, 11) is 5.03. The van der Waals surface area contributed by atoms with E-state index in [0.29, 0.717) is 15.0 Å². The van der Waals surface area contributed by atoms with E-state index in [0.717, 1.165) is 22.0 Å². The number of carbonyl (C=O) groups is 2. The standard InChI is InChI=1S/C27H30Cl2N4O2S/c1-16(2)22-23(25(35)32(6)15-21(34)31(4)5)36-26-30-27(3,18-9-13-20(29)14-10-18)24(33(22)26)17-7-11-19(28)12-8-17/h7-14,16,24H,15H2,1-6H3/t24-,27+/m1/s1. The number of hydrogen-bond acceptors (Lipinski definition) is 5. The van der Waals surface area contributed by atoms with Crippen LogP contribution in [0.2, 0.25) is 10.0 Å². The molecule has 0 aliphatic carbocycles. The fraction of sp³-hybridized carbons (Fsp3) is 0.370. The molecular weight excluding hydrogens is 515 g/mol. The predicted octanol–water partition coefficient (Wildman–Crippen LogP) is 5.78. The summed E-state index contributed by atoms with van der Waals surface area (Å²) in [5, 5.41) is 2.09. The Hall–Kier alpha value is -2.48. The third kappa shape index (κ3) is 4.76. The van der Waals surface area contributed by atoms with E-state index in [1.165, 1.54) is 21.6 Å². The van der Waals surface area contributed by atoms with Gasteiger partial charge in [-0.15, -0.1) is 0 Å². The number of amides is 2. The molecule has 2 aromatic carbocycles. The van der Waals surface area contributed by atoms with Gasteiger partial charge in [-0.2, -0.15) is 0 Å². The average molecular weight is 546 g/mol. The first kappa shape index (κ1) is 26.6. The molecule has 190 valence electrons. The molecule has 2 aliphatic heterocycles. The van der Waals surface area contributed by atoms with Crippen LogP contribution >= 0.6 is 35.0 Å². The number of thioether (sulfide) groups is 1. The van der Waals surface area contributed by atoms with E-state index >= 15 is 0 Å². The van der Waals surface area contributed by atoms with E-state index in [1.807, 2.05) is 48.5 Å². The number of carbonyl (C=O) groups excluding carboxylic acids is 2. The van der Waals surface area contributed by atoms with Crippen LogP contribution in [0.4, 0.5) is 0 Å². The lowest BCUT2D eigenvalue weighted by atomic mass is 9.81. The number of nitrogens with zero attached hydrogens (tertiary/aromatic N) is 4. The number of rotatable bonds is 6. The van der Waals surface area contributed by atoms with Gasteiger partial charge in [0.25, 0.3) is 5.91 Å². The first-order chi connectivity index (χ1) is 16.9. The van der Waals surface area contributed by atoms with E-state index < -0.39 is 5.54 Å². The van der Waals surface area contributed by atoms with Gasteiger partial charge in [0.05, 0.1) is 12.6 Å². The topological polar surface area (TPSA) is 56.2 Å². The van der Waals surface area contributed by atoms with E-state index in [4.69, 9.17) is 28.2 Å². The third-order valence-electron chi connectivity index (χ3n) is 6.58. The minimum Gasteiger partial charge on any atom is -0.347 e. The monoisotopic (exact) mass is 544 g/mol. The quantitative estimate of drug-likeness (QED) is 0.462. The van der Waals surface area contributed by atoms with Crippen molar-refractivity contribution in [3.8, 4) is 0 Å². The number of allylic oxidation sites excluding steroid dienone is 1. The van der Waals surface area contributed by atoms with Crippen LogP contribution in [0.15, 0.2) is 64.1 Å². The molecule has 2 atom stereocenters. The smallest absolute Gasteiger partial charge is 0.262 e. The van der Waals surface area contributed by atoms with E-state index in [-0.39, 0.29) is 30.3 Å². The Morgan fingerprint density at radius 2 is 1.58 bits per heavy atom. The Balaban J connectivity index is 1.81. The molecule has 36 heavy (non-hydrogen) atoms. The van der Waals surface area contributed by atoms with Crippen LogP contribution in [-0.4, -0.2) is 59.4 Å². The maximum Gasteiger partial charge on any atom is 0.262 e. The van der Waals surface area contributed by atoms with Gasteiger partial charge in [-0.1, -0.05) is 61.3 Å². The minimum absolute atomic E-state index is 0.0108. The van der Waals surface area contributed by atoms with Gasteiger partial charge in [0.1, 0.15) is 10.4 Å². The van der Waals surface area contributed by atoms with E-state index in [1.54, 1.807) is 21.1 Å². The summed E-state index contributed by atoms with van der Waals surface area (Å²) in [6.45, 7) is 6.28. The first-order valence-corrected chi connectivity index (χ1v) is 13.3. The van der Waals surface area contributed by atoms with Gasteiger partial charge in [0, 0.05) is 36.9 Å². The van der Waals surface area contributed by atoms with Crippen molar-refractivity contribution in [2.24, 2.45) is 10.9 Å². The summed E-state index contributed by atoms with van der Waals surface area (Å²) < 4.78 is 0. The first-order valence-electron chi connectivity index (χ1n) is 11.7. The predicted molar refractivity (Wildman–Crippen MR) is 148 cm³/mol. The third-order valence-corrected chi connectivity index (χ3v) is 8.15. The molecule has 2 aliphatic rings. The molecule has 0 bridgehead atoms. The van der Waals surface area contributed by atoms with Gasteiger partial charge in [-0.05, 0) is 60.0 Å². The van der Waals surface area contributed by atoms with Gasteiger partial charge in [0.15, 0.2) is 5.17 Å². The van der Waals surface area contributed by atoms with Crippen molar-refractivity contribution in [3.05, 3.63) is 80.3 Å². The molecule has 6 nitrogen and oxygen atoms in total. The largest absolute Gasteiger partial charge is 0.347 e. The highest BCUT2D eigenvalue weighted by molar-refractivity contribution is 8.18. The molecule has 2 heterocycles. The fourth-order valence-electron chi connectivity index (χ4n) is 4.65. The lowest BCUT2D eigenvalue weighted by molar-refractivity contribution is -0.135. The molecule has 0 saturated carbocycles. The highest BCUT2D eigenvalue weighted by atomic mass is 35.5. The number of aliphatic imine (C=N–C) groups is 1. The maximum atomic E-state index is 13.6. The van der Waals surface area contributed by atoms with Crippen LogP contribution < -0.4 is 0 Å². The zero-order valence-electron chi connectivity index (χ0n) is 21.3. The number of hydrogen-bond donors (Lipinski definition) is 0. The SMILES string of the molecule is CC(C)C1=C(C(=O)N(C)CC(=O)N(C)C)SC2=N[C@@](C)(c3ccc(Cl)cc3)[C@@H](c3ccc(Cl)cc3)N21. The van der Waals surface area contributed by atoms with Crippen LogP contribution in [0, 0.1) is 5.92 Å². The Morgan fingerprint density at radius 1 is 1.03 bits per heavy atom. The number of fused-ring (bicyclic) bond motifs is 1. The van der Waals surface area contributed by atoms with Crippen molar-refractivity contribution in [3.63, 3.8) is 0 Å². The van der Waals surface area contributed by atoms with Crippen LogP contribution in [0.3, 0.4) is 0 Å². The zero-order chi connectivity index (χ0) is 26.4. The normalized spacial score (nSPS) is 21.1. The molecule has 0 spiro atoms. The number of amidine groups is 1. The fourth-order valence-corrected chi connectivity index (χ4v) is 6.31. The van der Waals surface area contributed by atoms with Gasteiger partial charge in [-0.3, -0.25) is 9.59 Å². The molecule has 0 fully saturated rings. The lowest BCUT2D eigenvalue weighted by Gasteiger charge is -2.37. The summed E-state index contributed by atoms with van der Waals surface area (Å²) in [5.41, 5.74) is 2.35. The van der Waals surface area contributed by atoms with Crippen LogP contribution in [0.1, 0.15) is 37.9 Å². The molecule has 4 rings (SSSR count). The van der Waals surface area contributed by atoms with Crippen molar-refractivity contribution in [1.29, 1.82) is 0 Å². The molecule has 0 saturated heterocycles. The van der Waals surface area contributed by atoms with Gasteiger partial charge in [0.2, 0.25) is 5.91 Å². The van der Waals surface area contributed by atoms with Gasteiger partial charge < -0.3 is 14.7 Å². The van der Waals surface area contributed by atoms with Crippen LogP contribution in [0.25, 0.3) is 0 Å². The Morgan fingerprint density at radius 3 is 2.11 bits per heavy atom. The van der Waals surface area contributed by atoms with E-state index in [9.17, 15) is 9.59 Å². The molecule has 0 unspecified atom stereocenters. The van der Waals surface area contributed by atoms with Crippen LogP contribution in [-0.2, 0) is 15.1 Å². The zero-order valence-corrected chi connectivity index (χ0v) is 23.6. The average Bonchev–Trinajstić information content (AvgIpc) is 3.32. The Bertz CT molecular complexity index is 1240. The molecular formula is C27H30Cl2N4O2S. The second-order valence-electron chi connectivity index (χ2n) is 9.79. The molecule has 0 aromatic heterocycles. The number of halogens is 2.